The molecule has 0 bridgehead atoms. The van der Waals surface area contributed by atoms with Crippen molar-refractivity contribution < 1.29 is 18.3 Å². The first-order chi connectivity index (χ1) is 15.9. The molecule has 1 fully saturated rings. The van der Waals surface area contributed by atoms with Gasteiger partial charge in [0, 0.05) is 70.0 Å². The molecule has 172 valence electrons. The highest BCUT2D eigenvalue weighted by atomic mass is 19.1. The number of carbonyl (C=O) groups excluding carboxylic acids is 1. The van der Waals surface area contributed by atoms with Gasteiger partial charge in [0.05, 0.1) is 36.2 Å². The largest absolute Gasteiger partial charge is 0.440 e. The molecular weight excluding hydrogens is 427 g/mol. The number of carbonyl (C=O) groups is 1. The molecule has 0 aliphatic carbocycles. The maximum absolute atomic E-state index is 13.9. The number of nitrogens with zero attached hydrogens (tertiary/aromatic N) is 4. The lowest BCUT2D eigenvalue weighted by atomic mass is 10.0. The van der Waals surface area contributed by atoms with Gasteiger partial charge in [-0.3, -0.25) is 14.6 Å². The quantitative estimate of drug-likeness (QED) is 0.602. The molecular formula is C24H25FN4O4. The Balaban J connectivity index is 1.63. The molecule has 0 saturated carbocycles. The van der Waals surface area contributed by atoms with Crippen molar-refractivity contribution in [2.45, 2.75) is 13.0 Å². The first kappa shape index (κ1) is 21.4. The summed E-state index contributed by atoms with van der Waals surface area (Å²) in [7, 11) is 3.34. The van der Waals surface area contributed by atoms with E-state index in [4.69, 9.17) is 9.15 Å². The monoisotopic (exact) mass is 452 g/mol. The molecule has 0 atom stereocenters. The minimum absolute atomic E-state index is 0.204. The Morgan fingerprint density at radius 3 is 2.70 bits per heavy atom. The lowest BCUT2D eigenvalue weighted by Crippen LogP contribution is -2.36. The molecule has 1 amide bonds. The van der Waals surface area contributed by atoms with Crippen molar-refractivity contribution in [3.8, 4) is 0 Å². The Labute approximate surface area is 190 Å². The standard InChI is InChI=1S/C24H25FN4O4/c1-27(2)24(31)15-9-16(14-29-4-3-19-20(29)11-17(25)13-26-19)23-18(10-15)21(30)12-22(33-23)28-5-7-32-8-6-28/h9-13H,3-8,14H2,1-2H3. The summed E-state index contributed by atoms with van der Waals surface area (Å²) in [6, 6.07) is 6.31. The van der Waals surface area contributed by atoms with Crippen LogP contribution in [0.15, 0.2) is 39.7 Å². The van der Waals surface area contributed by atoms with Crippen LogP contribution in [0.2, 0.25) is 0 Å². The summed E-state index contributed by atoms with van der Waals surface area (Å²) in [5, 5.41) is 0.353. The van der Waals surface area contributed by atoms with Crippen molar-refractivity contribution in [3.63, 3.8) is 0 Å². The van der Waals surface area contributed by atoms with E-state index in [0.717, 1.165) is 11.4 Å². The van der Waals surface area contributed by atoms with Crippen molar-refractivity contribution in [3.05, 3.63) is 63.3 Å². The molecule has 8 nitrogen and oxygen atoms in total. The highest BCUT2D eigenvalue weighted by molar-refractivity contribution is 5.98. The number of morpholine rings is 1. The van der Waals surface area contributed by atoms with Crippen molar-refractivity contribution in [1.29, 1.82) is 0 Å². The van der Waals surface area contributed by atoms with Gasteiger partial charge >= 0.3 is 0 Å². The number of rotatable bonds is 4. The number of pyridine rings is 1. The van der Waals surface area contributed by atoms with Crippen LogP contribution in [0, 0.1) is 5.82 Å². The molecule has 3 aromatic rings. The van der Waals surface area contributed by atoms with Gasteiger partial charge in [-0.15, -0.1) is 0 Å². The molecule has 0 spiro atoms. The number of fused-ring (bicyclic) bond motifs is 2. The summed E-state index contributed by atoms with van der Waals surface area (Å²) >= 11 is 0. The van der Waals surface area contributed by atoms with E-state index < -0.39 is 5.82 Å². The number of ether oxygens (including phenoxy) is 1. The van der Waals surface area contributed by atoms with E-state index in [2.05, 4.69) is 4.98 Å². The van der Waals surface area contributed by atoms with E-state index in [0.29, 0.717) is 73.8 Å². The third kappa shape index (κ3) is 4.04. The van der Waals surface area contributed by atoms with Crippen molar-refractivity contribution >= 4 is 28.4 Å². The van der Waals surface area contributed by atoms with Crippen LogP contribution in [0.25, 0.3) is 11.0 Å². The van der Waals surface area contributed by atoms with Gasteiger partial charge in [-0.05, 0) is 12.1 Å². The fourth-order valence-electron chi connectivity index (χ4n) is 4.41. The van der Waals surface area contributed by atoms with Crippen LogP contribution in [0.5, 0.6) is 0 Å². The van der Waals surface area contributed by atoms with Gasteiger partial charge in [-0.25, -0.2) is 4.39 Å². The van der Waals surface area contributed by atoms with E-state index >= 15 is 0 Å². The molecule has 33 heavy (non-hydrogen) atoms. The molecule has 0 N–H and O–H groups in total. The summed E-state index contributed by atoms with van der Waals surface area (Å²) in [6.07, 6.45) is 1.93. The number of hydrogen-bond acceptors (Lipinski definition) is 7. The van der Waals surface area contributed by atoms with E-state index in [9.17, 15) is 14.0 Å². The minimum atomic E-state index is -0.400. The highest BCUT2D eigenvalue weighted by Gasteiger charge is 2.25. The third-order valence-corrected chi connectivity index (χ3v) is 6.10. The smallest absolute Gasteiger partial charge is 0.253 e. The lowest BCUT2D eigenvalue weighted by molar-refractivity contribution is 0.0827. The van der Waals surface area contributed by atoms with Gasteiger partial charge in [0.2, 0.25) is 0 Å². The van der Waals surface area contributed by atoms with Crippen LogP contribution < -0.4 is 15.2 Å². The van der Waals surface area contributed by atoms with Crippen molar-refractivity contribution in [2.75, 3.05) is 56.7 Å². The Hall–Kier alpha value is -3.46. The Morgan fingerprint density at radius 2 is 1.94 bits per heavy atom. The average Bonchev–Trinajstić information content (AvgIpc) is 3.21. The van der Waals surface area contributed by atoms with Crippen LogP contribution in [-0.2, 0) is 17.7 Å². The maximum Gasteiger partial charge on any atom is 0.253 e. The second-order valence-electron chi connectivity index (χ2n) is 8.55. The lowest BCUT2D eigenvalue weighted by Gasteiger charge is -2.27. The number of anilines is 2. The Morgan fingerprint density at radius 1 is 1.15 bits per heavy atom. The highest BCUT2D eigenvalue weighted by Crippen LogP contribution is 2.31. The summed E-state index contributed by atoms with van der Waals surface area (Å²) < 4.78 is 25.6. The third-order valence-electron chi connectivity index (χ3n) is 6.10. The zero-order chi connectivity index (χ0) is 23.1. The summed E-state index contributed by atoms with van der Waals surface area (Å²) in [6.45, 7) is 3.41. The van der Waals surface area contributed by atoms with Crippen molar-refractivity contribution in [1.82, 2.24) is 9.88 Å². The molecule has 2 aliphatic rings. The number of halogens is 1. The van der Waals surface area contributed by atoms with Crippen LogP contribution in [0.3, 0.4) is 0 Å². The van der Waals surface area contributed by atoms with Crippen LogP contribution in [0.1, 0.15) is 21.6 Å². The van der Waals surface area contributed by atoms with E-state index in [1.807, 2.05) is 9.80 Å². The Bertz CT molecular complexity index is 1280. The van der Waals surface area contributed by atoms with Gasteiger partial charge in [0.15, 0.2) is 11.3 Å². The molecule has 2 aliphatic heterocycles. The second-order valence-corrected chi connectivity index (χ2v) is 8.55. The molecule has 2 aromatic heterocycles. The predicted molar refractivity (Wildman–Crippen MR) is 122 cm³/mol. The molecule has 1 aromatic carbocycles. The fourth-order valence-corrected chi connectivity index (χ4v) is 4.41. The first-order valence-corrected chi connectivity index (χ1v) is 10.9. The van der Waals surface area contributed by atoms with Crippen LogP contribution in [-0.4, -0.2) is 62.7 Å². The second kappa shape index (κ2) is 8.47. The van der Waals surface area contributed by atoms with Gasteiger partial charge in [-0.2, -0.15) is 0 Å². The van der Waals surface area contributed by atoms with E-state index in [1.165, 1.54) is 23.2 Å². The van der Waals surface area contributed by atoms with Gasteiger partial charge in [0.1, 0.15) is 11.4 Å². The predicted octanol–water partition coefficient (Wildman–Crippen LogP) is 2.43. The van der Waals surface area contributed by atoms with Gasteiger partial charge in [0.25, 0.3) is 5.91 Å². The molecule has 0 unspecified atom stereocenters. The van der Waals surface area contributed by atoms with Crippen LogP contribution in [0.4, 0.5) is 16.0 Å². The van der Waals surface area contributed by atoms with E-state index in [1.54, 1.807) is 26.2 Å². The zero-order valence-electron chi connectivity index (χ0n) is 18.6. The minimum Gasteiger partial charge on any atom is -0.440 e. The number of amides is 1. The summed E-state index contributed by atoms with van der Waals surface area (Å²) in [5.41, 5.74) is 2.89. The normalized spacial score (nSPS) is 15.7. The summed E-state index contributed by atoms with van der Waals surface area (Å²) in [5.74, 6) is -0.120. The van der Waals surface area contributed by atoms with E-state index in [-0.39, 0.29) is 11.3 Å². The molecule has 0 radical (unpaired) electrons. The van der Waals surface area contributed by atoms with Gasteiger partial charge < -0.3 is 23.9 Å². The zero-order valence-corrected chi connectivity index (χ0v) is 18.6. The summed E-state index contributed by atoms with van der Waals surface area (Å²) in [4.78, 5) is 35.5. The Kier molecular flexibility index (Phi) is 5.49. The molecule has 5 rings (SSSR count). The maximum atomic E-state index is 13.9. The topological polar surface area (TPSA) is 79.1 Å². The average molecular weight is 452 g/mol. The number of hydrogen-bond donors (Lipinski definition) is 0. The van der Waals surface area contributed by atoms with Gasteiger partial charge in [-0.1, -0.05) is 0 Å². The first-order valence-electron chi connectivity index (χ1n) is 10.9. The molecule has 9 heteroatoms. The van der Waals surface area contributed by atoms with Crippen LogP contribution >= 0.6 is 0 Å². The fraction of sp³-hybridized carbons (Fsp3) is 0.375. The van der Waals surface area contributed by atoms with Crippen molar-refractivity contribution in [2.24, 2.45) is 0 Å². The molecule has 4 heterocycles. The number of benzene rings is 1. The number of aromatic nitrogens is 1. The molecule has 1 saturated heterocycles. The SMILES string of the molecule is CN(C)C(=O)c1cc(CN2CCc3ncc(F)cc32)c2oc(N3CCOCC3)cc(=O)c2c1.